The third-order valence-electron chi connectivity index (χ3n) is 2.66. The van der Waals surface area contributed by atoms with E-state index in [1.54, 1.807) is 13.8 Å². The number of rotatable bonds is 3. The predicted molar refractivity (Wildman–Crippen MR) is 79.7 cm³/mol. The minimum absolute atomic E-state index is 0.0987. The Balaban J connectivity index is 2.44. The van der Waals surface area contributed by atoms with Gasteiger partial charge in [-0.05, 0) is 26.0 Å². The van der Waals surface area contributed by atoms with E-state index in [4.69, 9.17) is 28.9 Å². The molecule has 1 aromatic carbocycles. The molecule has 1 heterocycles. The second kappa shape index (κ2) is 5.16. The summed E-state index contributed by atoms with van der Waals surface area (Å²) in [4.78, 5) is 0.0987. The molecule has 2 aromatic rings. The third kappa shape index (κ3) is 2.70. The largest absolute Gasteiger partial charge is 0.396 e. The first-order valence-electron chi connectivity index (χ1n) is 5.51. The summed E-state index contributed by atoms with van der Waals surface area (Å²) in [6.07, 6.45) is 0. The van der Waals surface area contributed by atoms with E-state index >= 15 is 0 Å². The summed E-state index contributed by atoms with van der Waals surface area (Å²) in [6.45, 7) is 3.22. The van der Waals surface area contributed by atoms with Crippen molar-refractivity contribution in [1.82, 2.24) is 10.2 Å². The zero-order valence-electron chi connectivity index (χ0n) is 10.7. The van der Waals surface area contributed by atoms with Gasteiger partial charge in [-0.2, -0.15) is 5.10 Å². The van der Waals surface area contributed by atoms with Gasteiger partial charge in [-0.15, -0.1) is 0 Å². The lowest BCUT2D eigenvalue weighted by atomic mass is 10.3. The van der Waals surface area contributed by atoms with Crippen LogP contribution >= 0.6 is 23.2 Å². The zero-order chi connectivity index (χ0) is 15.1. The predicted octanol–water partition coefficient (Wildman–Crippen LogP) is 2.72. The van der Waals surface area contributed by atoms with E-state index in [1.807, 2.05) is 0 Å². The average molecular weight is 335 g/mol. The molecule has 0 aliphatic carbocycles. The van der Waals surface area contributed by atoms with Gasteiger partial charge in [0.2, 0.25) is 0 Å². The lowest BCUT2D eigenvalue weighted by molar-refractivity contribution is 0.600. The van der Waals surface area contributed by atoms with E-state index in [2.05, 4.69) is 14.9 Å². The van der Waals surface area contributed by atoms with Gasteiger partial charge in [0.1, 0.15) is 4.90 Å². The molecule has 0 atom stereocenters. The SMILES string of the molecule is Cc1n[nH]c(C)c1S(=O)(=O)Nc1cc(Cl)c(N)c(Cl)c1. The molecule has 0 bridgehead atoms. The third-order valence-corrected chi connectivity index (χ3v) is 4.93. The molecule has 0 aliphatic heterocycles. The summed E-state index contributed by atoms with van der Waals surface area (Å²) in [7, 11) is -3.78. The maximum absolute atomic E-state index is 12.3. The highest BCUT2D eigenvalue weighted by Gasteiger charge is 2.22. The Labute approximate surface area is 126 Å². The van der Waals surface area contributed by atoms with Crippen LogP contribution in [0.3, 0.4) is 0 Å². The van der Waals surface area contributed by atoms with Crippen LogP contribution in [0.15, 0.2) is 17.0 Å². The number of hydrogen-bond acceptors (Lipinski definition) is 4. The molecule has 6 nitrogen and oxygen atoms in total. The first-order chi connectivity index (χ1) is 9.22. The fraction of sp³-hybridized carbons (Fsp3) is 0.182. The minimum Gasteiger partial charge on any atom is -0.396 e. The Bertz CT molecular complexity index is 728. The van der Waals surface area contributed by atoms with Crippen LogP contribution in [0.4, 0.5) is 11.4 Å². The fourth-order valence-corrected chi connectivity index (χ4v) is 3.69. The molecule has 0 spiro atoms. The van der Waals surface area contributed by atoms with Crippen molar-refractivity contribution in [2.24, 2.45) is 0 Å². The summed E-state index contributed by atoms with van der Waals surface area (Å²) in [5.74, 6) is 0. The van der Waals surface area contributed by atoms with Gasteiger partial charge in [-0.1, -0.05) is 23.2 Å². The molecular weight excluding hydrogens is 323 g/mol. The topological polar surface area (TPSA) is 101 Å². The summed E-state index contributed by atoms with van der Waals surface area (Å²) >= 11 is 11.7. The molecule has 1 aromatic heterocycles. The Kier molecular flexibility index (Phi) is 3.86. The van der Waals surface area contributed by atoms with Crippen LogP contribution in [0.1, 0.15) is 11.4 Å². The first kappa shape index (κ1) is 15.0. The van der Waals surface area contributed by atoms with Gasteiger partial charge in [-0.3, -0.25) is 9.82 Å². The van der Waals surface area contributed by atoms with Gasteiger partial charge in [0.05, 0.1) is 32.8 Å². The van der Waals surface area contributed by atoms with Crippen LogP contribution < -0.4 is 10.5 Å². The summed E-state index contributed by atoms with van der Waals surface area (Å²) < 4.78 is 27.0. The van der Waals surface area contributed by atoms with E-state index in [9.17, 15) is 8.42 Å². The number of aryl methyl sites for hydroxylation is 2. The Hall–Kier alpha value is -1.44. The number of nitrogens with two attached hydrogens (primary N) is 1. The molecule has 0 radical (unpaired) electrons. The lowest BCUT2D eigenvalue weighted by Gasteiger charge is -2.10. The second-order valence-electron chi connectivity index (χ2n) is 4.22. The van der Waals surface area contributed by atoms with Crippen molar-refractivity contribution in [3.8, 4) is 0 Å². The number of halogens is 2. The van der Waals surface area contributed by atoms with Crippen LogP contribution in [0.25, 0.3) is 0 Å². The molecule has 0 aliphatic rings. The molecule has 0 unspecified atom stereocenters. The normalized spacial score (nSPS) is 11.6. The molecule has 20 heavy (non-hydrogen) atoms. The lowest BCUT2D eigenvalue weighted by Crippen LogP contribution is -2.14. The zero-order valence-corrected chi connectivity index (χ0v) is 13.0. The van der Waals surface area contributed by atoms with Crippen molar-refractivity contribution in [2.45, 2.75) is 18.7 Å². The molecule has 4 N–H and O–H groups in total. The summed E-state index contributed by atoms with van der Waals surface area (Å²) in [5.41, 5.74) is 6.86. The Morgan fingerprint density at radius 3 is 2.25 bits per heavy atom. The van der Waals surface area contributed by atoms with E-state index < -0.39 is 10.0 Å². The standard InChI is InChI=1S/C11H12Cl2N4O2S/c1-5-11(6(2)16-15-5)20(18,19)17-7-3-8(12)10(14)9(13)4-7/h3-4,17H,14H2,1-2H3,(H,15,16). The number of nitrogens with one attached hydrogen (secondary N) is 2. The summed E-state index contributed by atoms with van der Waals surface area (Å²) in [5, 5.41) is 6.83. The highest BCUT2D eigenvalue weighted by atomic mass is 35.5. The number of H-pyrrole nitrogens is 1. The van der Waals surface area contributed by atoms with Gasteiger partial charge in [-0.25, -0.2) is 8.42 Å². The van der Waals surface area contributed by atoms with Crippen LogP contribution in [0.2, 0.25) is 10.0 Å². The van der Waals surface area contributed by atoms with Crippen LogP contribution in [0.5, 0.6) is 0 Å². The van der Waals surface area contributed by atoms with E-state index in [1.165, 1.54) is 12.1 Å². The molecule has 0 saturated carbocycles. The van der Waals surface area contributed by atoms with Crippen molar-refractivity contribution in [2.75, 3.05) is 10.5 Å². The first-order valence-corrected chi connectivity index (χ1v) is 7.75. The molecular formula is C11H12Cl2N4O2S. The summed E-state index contributed by atoms with van der Waals surface area (Å²) in [6, 6.07) is 2.79. The molecule has 0 saturated heterocycles. The second-order valence-corrected chi connectivity index (χ2v) is 6.66. The molecule has 0 fully saturated rings. The quantitative estimate of drug-likeness (QED) is 0.751. The van der Waals surface area contributed by atoms with Gasteiger partial charge in [0.15, 0.2) is 0 Å². The van der Waals surface area contributed by atoms with Crippen LogP contribution in [0, 0.1) is 13.8 Å². The maximum atomic E-state index is 12.3. The number of benzene rings is 1. The van der Waals surface area contributed by atoms with E-state index in [0.717, 1.165) is 0 Å². The van der Waals surface area contributed by atoms with Gasteiger partial charge in [0.25, 0.3) is 10.0 Å². The number of hydrogen-bond donors (Lipinski definition) is 3. The van der Waals surface area contributed by atoms with Crippen molar-refractivity contribution >= 4 is 44.6 Å². The van der Waals surface area contributed by atoms with Crippen molar-refractivity contribution in [3.63, 3.8) is 0 Å². The highest BCUT2D eigenvalue weighted by Crippen LogP contribution is 2.32. The van der Waals surface area contributed by atoms with E-state index in [-0.39, 0.29) is 26.3 Å². The van der Waals surface area contributed by atoms with Crippen LogP contribution in [-0.2, 0) is 10.0 Å². The monoisotopic (exact) mass is 334 g/mol. The van der Waals surface area contributed by atoms with Gasteiger partial charge < -0.3 is 5.73 Å². The Morgan fingerprint density at radius 1 is 1.25 bits per heavy atom. The van der Waals surface area contributed by atoms with Crippen molar-refractivity contribution in [1.29, 1.82) is 0 Å². The van der Waals surface area contributed by atoms with Gasteiger partial charge in [0, 0.05) is 0 Å². The number of anilines is 2. The highest BCUT2D eigenvalue weighted by molar-refractivity contribution is 7.92. The number of nitrogens with zero attached hydrogens (tertiary/aromatic N) is 1. The molecule has 2 rings (SSSR count). The Morgan fingerprint density at radius 2 is 1.80 bits per heavy atom. The number of sulfonamides is 1. The number of aromatic amines is 1. The number of aromatic nitrogens is 2. The van der Waals surface area contributed by atoms with Crippen molar-refractivity contribution < 1.29 is 8.42 Å². The maximum Gasteiger partial charge on any atom is 0.265 e. The minimum atomic E-state index is -3.78. The average Bonchev–Trinajstić information content (AvgIpc) is 2.66. The van der Waals surface area contributed by atoms with Gasteiger partial charge >= 0.3 is 0 Å². The number of nitrogen functional groups attached to an aromatic ring is 1. The van der Waals surface area contributed by atoms with E-state index in [0.29, 0.717) is 11.4 Å². The van der Waals surface area contributed by atoms with Crippen LogP contribution in [-0.4, -0.2) is 18.6 Å². The fourth-order valence-electron chi connectivity index (χ4n) is 1.79. The smallest absolute Gasteiger partial charge is 0.265 e. The van der Waals surface area contributed by atoms with Crippen molar-refractivity contribution in [3.05, 3.63) is 33.6 Å². The molecule has 9 heteroatoms. The molecule has 108 valence electrons. The molecule has 0 amide bonds.